The van der Waals surface area contributed by atoms with Crippen molar-refractivity contribution < 1.29 is 0 Å². The Kier molecular flexibility index (Phi) is 6.17. The lowest BCUT2D eigenvalue weighted by atomic mass is 9.98. The lowest BCUT2D eigenvalue weighted by Crippen LogP contribution is -2.10. The molecule has 8 aromatic carbocycles. The topological polar surface area (TPSA) is 8.17 Å². The molecular formula is C44H30N2. The van der Waals surface area contributed by atoms with Crippen molar-refractivity contribution in [3.8, 4) is 16.8 Å². The number of fused-ring (bicyclic) bond motifs is 5. The van der Waals surface area contributed by atoms with Gasteiger partial charge in [-0.15, -0.1) is 0 Å². The van der Waals surface area contributed by atoms with Gasteiger partial charge in [-0.25, -0.2) is 0 Å². The smallest absolute Gasteiger partial charge is 0.0541 e. The van der Waals surface area contributed by atoms with Crippen LogP contribution in [0.3, 0.4) is 0 Å². The zero-order valence-electron chi connectivity index (χ0n) is 25.2. The predicted octanol–water partition coefficient (Wildman–Crippen LogP) is 12.2. The third-order valence-corrected chi connectivity index (χ3v) is 9.13. The minimum Gasteiger partial charge on any atom is -0.310 e. The van der Waals surface area contributed by atoms with Crippen molar-refractivity contribution in [2.45, 2.75) is 0 Å². The Morgan fingerprint density at radius 2 is 0.826 bits per heavy atom. The maximum atomic E-state index is 2.37. The Balaban J connectivity index is 1.15. The van der Waals surface area contributed by atoms with Gasteiger partial charge in [-0.3, -0.25) is 0 Å². The number of aromatic nitrogens is 1. The van der Waals surface area contributed by atoms with Gasteiger partial charge < -0.3 is 9.47 Å². The molecule has 1 aromatic heterocycles. The molecule has 0 aliphatic carbocycles. The van der Waals surface area contributed by atoms with Gasteiger partial charge in [-0.2, -0.15) is 0 Å². The summed E-state index contributed by atoms with van der Waals surface area (Å²) in [5.74, 6) is 0. The average Bonchev–Trinajstić information content (AvgIpc) is 3.46. The van der Waals surface area contributed by atoms with Gasteiger partial charge in [0.05, 0.1) is 11.0 Å². The molecular weight excluding hydrogens is 556 g/mol. The molecule has 0 aliphatic rings. The number of anilines is 3. The molecule has 9 aromatic rings. The molecule has 0 spiro atoms. The Hall–Kier alpha value is -6.12. The van der Waals surface area contributed by atoms with E-state index < -0.39 is 0 Å². The summed E-state index contributed by atoms with van der Waals surface area (Å²) >= 11 is 0. The normalized spacial score (nSPS) is 11.5. The maximum absolute atomic E-state index is 2.37. The van der Waals surface area contributed by atoms with E-state index in [0.29, 0.717) is 0 Å². The Bertz CT molecular complexity index is 2470. The molecule has 0 atom stereocenters. The zero-order valence-corrected chi connectivity index (χ0v) is 25.2. The number of nitrogens with zero attached hydrogens (tertiary/aromatic N) is 2. The lowest BCUT2D eigenvalue weighted by molar-refractivity contribution is 1.17. The fourth-order valence-electron chi connectivity index (χ4n) is 6.90. The number of hydrogen-bond donors (Lipinski definition) is 0. The minimum absolute atomic E-state index is 1.11. The second-order valence-corrected chi connectivity index (χ2v) is 11.9. The van der Waals surface area contributed by atoms with Crippen molar-refractivity contribution in [2.75, 3.05) is 4.90 Å². The quantitative estimate of drug-likeness (QED) is 0.195. The van der Waals surface area contributed by atoms with Gasteiger partial charge in [0, 0.05) is 33.5 Å². The van der Waals surface area contributed by atoms with Crippen LogP contribution in [0.4, 0.5) is 17.1 Å². The summed E-state index contributed by atoms with van der Waals surface area (Å²) in [6, 6.07) is 65.7. The molecule has 0 radical (unpaired) electrons. The molecule has 0 saturated heterocycles. The fourth-order valence-corrected chi connectivity index (χ4v) is 6.90. The predicted molar refractivity (Wildman–Crippen MR) is 196 cm³/mol. The van der Waals surface area contributed by atoms with E-state index in [1.807, 2.05) is 0 Å². The van der Waals surface area contributed by atoms with Gasteiger partial charge in [-0.1, -0.05) is 109 Å². The number of para-hydroxylation sites is 3. The third-order valence-electron chi connectivity index (χ3n) is 9.13. The first kappa shape index (κ1) is 26.3. The molecule has 0 bridgehead atoms. The van der Waals surface area contributed by atoms with Crippen molar-refractivity contribution in [2.24, 2.45) is 0 Å². The van der Waals surface area contributed by atoms with E-state index in [9.17, 15) is 0 Å². The van der Waals surface area contributed by atoms with Crippen LogP contribution in [0.25, 0.3) is 60.2 Å². The summed E-state index contributed by atoms with van der Waals surface area (Å²) in [6.07, 6.45) is 0. The van der Waals surface area contributed by atoms with E-state index in [0.717, 1.165) is 22.7 Å². The van der Waals surface area contributed by atoms with Gasteiger partial charge in [-0.05, 0) is 105 Å². The summed E-state index contributed by atoms with van der Waals surface area (Å²) in [6.45, 7) is 0. The van der Waals surface area contributed by atoms with Crippen LogP contribution in [-0.2, 0) is 0 Å². The highest BCUT2D eigenvalue weighted by Crippen LogP contribution is 2.38. The Morgan fingerprint density at radius 1 is 0.326 bits per heavy atom. The molecule has 0 aliphatic heterocycles. The molecule has 0 unspecified atom stereocenters. The van der Waals surface area contributed by atoms with Crippen molar-refractivity contribution in [1.82, 2.24) is 4.57 Å². The van der Waals surface area contributed by atoms with E-state index in [4.69, 9.17) is 0 Å². The highest BCUT2D eigenvalue weighted by Gasteiger charge is 2.15. The van der Waals surface area contributed by atoms with Crippen LogP contribution in [0, 0.1) is 0 Å². The minimum atomic E-state index is 1.11. The van der Waals surface area contributed by atoms with Crippen molar-refractivity contribution in [1.29, 1.82) is 0 Å². The standard InChI is InChI=1S/C44H30N2/c1-2-12-37(13-3-1)45(38-24-26-39(27-25-38)46-43-16-8-6-14-41(43)42-15-7-9-17-44(42)46)40-23-22-32-19-21-35(29-36(32)30-40)34-20-18-31-10-4-5-11-33(31)28-34/h1-30H. The van der Waals surface area contributed by atoms with Gasteiger partial charge in [0.25, 0.3) is 0 Å². The highest BCUT2D eigenvalue weighted by atomic mass is 15.1. The van der Waals surface area contributed by atoms with Crippen LogP contribution in [0.1, 0.15) is 0 Å². The van der Waals surface area contributed by atoms with Crippen LogP contribution in [0.15, 0.2) is 182 Å². The molecule has 9 rings (SSSR count). The first-order valence-corrected chi connectivity index (χ1v) is 15.8. The van der Waals surface area contributed by atoms with E-state index in [-0.39, 0.29) is 0 Å². The first-order valence-electron chi connectivity index (χ1n) is 15.8. The molecule has 2 heteroatoms. The van der Waals surface area contributed by atoms with E-state index in [1.165, 1.54) is 54.5 Å². The summed E-state index contributed by atoms with van der Waals surface area (Å²) in [5.41, 5.74) is 9.38. The third kappa shape index (κ3) is 4.43. The molecule has 0 amide bonds. The Labute approximate surface area is 268 Å². The molecule has 1 heterocycles. The van der Waals surface area contributed by atoms with Gasteiger partial charge in [0.2, 0.25) is 0 Å². The van der Waals surface area contributed by atoms with Crippen molar-refractivity contribution in [3.63, 3.8) is 0 Å². The Morgan fingerprint density at radius 3 is 1.52 bits per heavy atom. The number of hydrogen-bond acceptors (Lipinski definition) is 1. The first-order chi connectivity index (χ1) is 22.8. The molecule has 2 nitrogen and oxygen atoms in total. The van der Waals surface area contributed by atoms with E-state index >= 15 is 0 Å². The van der Waals surface area contributed by atoms with Crippen LogP contribution >= 0.6 is 0 Å². The summed E-state index contributed by atoms with van der Waals surface area (Å²) in [5, 5.41) is 7.50. The largest absolute Gasteiger partial charge is 0.310 e. The summed E-state index contributed by atoms with van der Waals surface area (Å²) in [4.78, 5) is 2.35. The second-order valence-electron chi connectivity index (χ2n) is 11.9. The molecule has 0 fully saturated rings. The zero-order chi connectivity index (χ0) is 30.5. The fraction of sp³-hybridized carbons (Fsp3) is 0. The van der Waals surface area contributed by atoms with Gasteiger partial charge in [0.1, 0.15) is 0 Å². The van der Waals surface area contributed by atoms with Crippen LogP contribution < -0.4 is 4.90 Å². The second kappa shape index (κ2) is 10.8. The van der Waals surface area contributed by atoms with E-state index in [1.54, 1.807) is 0 Å². The van der Waals surface area contributed by atoms with Crippen molar-refractivity contribution >= 4 is 60.4 Å². The molecule has 0 saturated carbocycles. The monoisotopic (exact) mass is 586 g/mol. The molecule has 0 N–H and O–H groups in total. The maximum Gasteiger partial charge on any atom is 0.0541 e. The average molecular weight is 587 g/mol. The van der Waals surface area contributed by atoms with Crippen LogP contribution in [0.5, 0.6) is 0 Å². The highest BCUT2D eigenvalue weighted by molar-refractivity contribution is 6.09. The number of benzene rings is 8. The van der Waals surface area contributed by atoms with Crippen molar-refractivity contribution in [3.05, 3.63) is 182 Å². The van der Waals surface area contributed by atoms with Gasteiger partial charge in [0.15, 0.2) is 0 Å². The molecule has 46 heavy (non-hydrogen) atoms. The van der Waals surface area contributed by atoms with Crippen LogP contribution in [0.2, 0.25) is 0 Å². The molecule has 216 valence electrons. The van der Waals surface area contributed by atoms with E-state index in [2.05, 4.69) is 191 Å². The van der Waals surface area contributed by atoms with Crippen LogP contribution in [-0.4, -0.2) is 4.57 Å². The number of rotatable bonds is 5. The summed E-state index contributed by atoms with van der Waals surface area (Å²) in [7, 11) is 0. The lowest BCUT2D eigenvalue weighted by Gasteiger charge is -2.26. The SMILES string of the molecule is c1ccc(N(c2ccc(-n3c4ccccc4c4ccccc43)cc2)c2ccc3ccc(-c4ccc5ccccc5c4)cc3c2)cc1. The summed E-state index contributed by atoms with van der Waals surface area (Å²) < 4.78 is 2.37. The van der Waals surface area contributed by atoms with Gasteiger partial charge >= 0.3 is 0 Å².